The average Bonchev–Trinajstić information content (AvgIpc) is 2.80. The number of nitrogens with zero attached hydrogens (tertiary/aromatic N) is 1. The van der Waals surface area contributed by atoms with Gasteiger partial charge in [0.1, 0.15) is 5.75 Å². The summed E-state index contributed by atoms with van der Waals surface area (Å²) in [5.41, 5.74) is 3.77. The number of amides is 1. The molecule has 0 aliphatic carbocycles. The SMILES string of the molecule is O=C(Oc1ccc2ccccc2c1C=NNC(=O)c1ccccc1Br)c1ccccc1Cl. The predicted molar refractivity (Wildman–Crippen MR) is 130 cm³/mol. The number of hydrogen-bond donors (Lipinski definition) is 1. The maximum Gasteiger partial charge on any atom is 0.345 e. The predicted octanol–water partition coefficient (Wildman–Crippen LogP) is 6.24. The van der Waals surface area contributed by atoms with E-state index < -0.39 is 5.97 Å². The van der Waals surface area contributed by atoms with Gasteiger partial charge < -0.3 is 4.74 Å². The summed E-state index contributed by atoms with van der Waals surface area (Å²) in [4.78, 5) is 25.2. The molecule has 4 rings (SSSR count). The van der Waals surface area contributed by atoms with Crippen LogP contribution in [0.5, 0.6) is 5.75 Å². The average molecular weight is 508 g/mol. The van der Waals surface area contributed by atoms with E-state index in [1.165, 1.54) is 6.21 Å². The van der Waals surface area contributed by atoms with E-state index in [0.717, 1.165) is 10.8 Å². The Kier molecular flexibility index (Phi) is 6.63. The zero-order valence-corrected chi connectivity index (χ0v) is 18.9. The van der Waals surface area contributed by atoms with Crippen molar-refractivity contribution < 1.29 is 14.3 Å². The maximum atomic E-state index is 12.7. The molecule has 1 N–H and O–H groups in total. The van der Waals surface area contributed by atoms with Crippen LogP contribution < -0.4 is 10.2 Å². The van der Waals surface area contributed by atoms with Gasteiger partial charge in [-0.15, -0.1) is 0 Å². The molecule has 0 heterocycles. The Bertz CT molecular complexity index is 1350. The van der Waals surface area contributed by atoms with Crippen LogP contribution in [-0.4, -0.2) is 18.1 Å². The van der Waals surface area contributed by atoms with Crippen LogP contribution in [0.4, 0.5) is 0 Å². The number of carbonyl (C=O) groups excluding carboxylic acids is 2. The van der Waals surface area contributed by atoms with E-state index in [2.05, 4.69) is 26.5 Å². The van der Waals surface area contributed by atoms with Gasteiger partial charge in [-0.05, 0) is 57.0 Å². The zero-order valence-electron chi connectivity index (χ0n) is 16.6. The monoisotopic (exact) mass is 506 g/mol. The maximum absolute atomic E-state index is 12.7. The van der Waals surface area contributed by atoms with Crippen LogP contribution in [0.3, 0.4) is 0 Å². The third kappa shape index (κ3) is 4.72. The highest BCUT2D eigenvalue weighted by atomic mass is 79.9. The molecule has 4 aromatic carbocycles. The summed E-state index contributed by atoms with van der Waals surface area (Å²) in [6.45, 7) is 0. The largest absolute Gasteiger partial charge is 0.422 e. The third-order valence-corrected chi connectivity index (χ3v) is 5.73. The van der Waals surface area contributed by atoms with E-state index in [9.17, 15) is 9.59 Å². The number of esters is 1. The Morgan fingerprint density at radius 2 is 1.56 bits per heavy atom. The molecule has 5 nitrogen and oxygen atoms in total. The van der Waals surface area contributed by atoms with E-state index in [-0.39, 0.29) is 11.5 Å². The number of fused-ring (bicyclic) bond motifs is 1. The molecule has 0 unspecified atom stereocenters. The van der Waals surface area contributed by atoms with Crippen LogP contribution >= 0.6 is 27.5 Å². The van der Waals surface area contributed by atoms with Gasteiger partial charge >= 0.3 is 5.97 Å². The molecular formula is C25H16BrClN2O3. The molecule has 0 radical (unpaired) electrons. The Morgan fingerprint density at radius 1 is 0.875 bits per heavy atom. The first-order chi connectivity index (χ1) is 15.5. The van der Waals surface area contributed by atoms with E-state index in [1.807, 2.05) is 36.4 Å². The topological polar surface area (TPSA) is 67.8 Å². The van der Waals surface area contributed by atoms with Crippen molar-refractivity contribution >= 4 is 56.4 Å². The molecule has 0 atom stereocenters. The minimum Gasteiger partial charge on any atom is -0.422 e. The van der Waals surface area contributed by atoms with Crippen molar-refractivity contribution in [2.24, 2.45) is 5.10 Å². The first kappa shape index (κ1) is 21.7. The first-order valence-corrected chi connectivity index (χ1v) is 10.8. The van der Waals surface area contributed by atoms with E-state index in [4.69, 9.17) is 16.3 Å². The summed E-state index contributed by atoms with van der Waals surface area (Å²) in [6.07, 6.45) is 1.46. The number of hydrazone groups is 1. The quantitative estimate of drug-likeness (QED) is 0.150. The van der Waals surface area contributed by atoms with Gasteiger partial charge in [-0.25, -0.2) is 10.2 Å². The summed E-state index contributed by atoms with van der Waals surface area (Å²) in [5, 5.41) is 6.15. The van der Waals surface area contributed by atoms with Crippen molar-refractivity contribution in [2.45, 2.75) is 0 Å². The van der Waals surface area contributed by atoms with E-state index >= 15 is 0 Å². The molecule has 0 saturated carbocycles. The lowest BCUT2D eigenvalue weighted by molar-refractivity contribution is 0.0734. The highest BCUT2D eigenvalue weighted by molar-refractivity contribution is 9.10. The normalized spacial score (nSPS) is 10.9. The number of halogens is 2. The fourth-order valence-corrected chi connectivity index (χ4v) is 3.82. The second-order valence-corrected chi connectivity index (χ2v) is 8.01. The molecular weight excluding hydrogens is 492 g/mol. The minimum atomic E-state index is -0.585. The number of carbonyl (C=O) groups is 2. The van der Waals surface area contributed by atoms with Crippen LogP contribution in [0, 0.1) is 0 Å². The lowest BCUT2D eigenvalue weighted by Crippen LogP contribution is -2.18. The molecule has 0 aromatic heterocycles. The molecule has 0 bridgehead atoms. The number of benzene rings is 4. The molecule has 32 heavy (non-hydrogen) atoms. The molecule has 7 heteroatoms. The second kappa shape index (κ2) is 9.77. The van der Waals surface area contributed by atoms with Gasteiger partial charge in [-0.3, -0.25) is 4.79 Å². The Morgan fingerprint density at radius 3 is 2.34 bits per heavy atom. The Balaban J connectivity index is 1.65. The van der Waals surface area contributed by atoms with Gasteiger partial charge in [-0.1, -0.05) is 66.2 Å². The molecule has 0 aliphatic rings. The van der Waals surface area contributed by atoms with Gasteiger partial charge in [0.05, 0.1) is 22.4 Å². The van der Waals surface area contributed by atoms with Crippen LogP contribution in [0.1, 0.15) is 26.3 Å². The molecule has 1 amide bonds. The number of hydrogen-bond acceptors (Lipinski definition) is 4. The molecule has 4 aromatic rings. The summed E-state index contributed by atoms with van der Waals surface area (Å²) < 4.78 is 6.31. The van der Waals surface area contributed by atoms with E-state index in [1.54, 1.807) is 48.5 Å². The summed E-state index contributed by atoms with van der Waals surface area (Å²) >= 11 is 9.48. The Labute approximate surface area is 197 Å². The number of nitrogens with one attached hydrogen (secondary N) is 1. The molecule has 0 saturated heterocycles. The van der Waals surface area contributed by atoms with Gasteiger partial charge in [0.25, 0.3) is 5.91 Å². The highest BCUT2D eigenvalue weighted by Gasteiger charge is 2.16. The molecule has 0 aliphatic heterocycles. The summed E-state index contributed by atoms with van der Waals surface area (Å²) in [7, 11) is 0. The minimum absolute atomic E-state index is 0.257. The van der Waals surface area contributed by atoms with Gasteiger partial charge in [0.15, 0.2) is 0 Å². The standard InChI is InChI=1S/C25H16BrClN2O3/c26-21-11-5-3-9-18(21)24(30)29-28-15-20-17-8-2-1-7-16(17)13-14-23(20)32-25(31)19-10-4-6-12-22(19)27/h1-15H,(H,29,30). The smallest absolute Gasteiger partial charge is 0.345 e. The fourth-order valence-electron chi connectivity index (χ4n) is 3.14. The van der Waals surface area contributed by atoms with Crippen molar-refractivity contribution in [3.63, 3.8) is 0 Å². The lowest BCUT2D eigenvalue weighted by atomic mass is 10.0. The van der Waals surface area contributed by atoms with Crippen LogP contribution in [0.2, 0.25) is 5.02 Å². The van der Waals surface area contributed by atoms with Crippen molar-refractivity contribution in [1.29, 1.82) is 0 Å². The van der Waals surface area contributed by atoms with Crippen LogP contribution in [0.15, 0.2) is 94.5 Å². The van der Waals surface area contributed by atoms with Crippen molar-refractivity contribution in [3.05, 3.63) is 111 Å². The van der Waals surface area contributed by atoms with Crippen molar-refractivity contribution in [2.75, 3.05) is 0 Å². The highest BCUT2D eigenvalue weighted by Crippen LogP contribution is 2.28. The van der Waals surface area contributed by atoms with Gasteiger partial charge in [-0.2, -0.15) is 5.10 Å². The third-order valence-electron chi connectivity index (χ3n) is 4.71. The Hall–Kier alpha value is -3.48. The van der Waals surface area contributed by atoms with E-state index in [0.29, 0.717) is 26.4 Å². The first-order valence-electron chi connectivity index (χ1n) is 9.61. The number of ether oxygens (including phenoxy) is 1. The van der Waals surface area contributed by atoms with Gasteiger partial charge in [0.2, 0.25) is 0 Å². The van der Waals surface area contributed by atoms with Crippen molar-refractivity contribution in [1.82, 2.24) is 5.43 Å². The summed E-state index contributed by atoms with van der Waals surface area (Å²) in [6, 6.07) is 24.9. The fraction of sp³-hybridized carbons (Fsp3) is 0. The molecule has 0 fully saturated rings. The zero-order chi connectivity index (χ0) is 22.5. The lowest BCUT2D eigenvalue weighted by Gasteiger charge is -2.11. The van der Waals surface area contributed by atoms with Crippen LogP contribution in [-0.2, 0) is 0 Å². The molecule has 0 spiro atoms. The summed E-state index contributed by atoms with van der Waals surface area (Å²) in [5.74, 6) is -0.658. The van der Waals surface area contributed by atoms with Crippen LogP contribution in [0.25, 0.3) is 10.8 Å². The number of rotatable bonds is 5. The van der Waals surface area contributed by atoms with Crippen molar-refractivity contribution in [3.8, 4) is 5.75 Å². The van der Waals surface area contributed by atoms with Gasteiger partial charge in [0, 0.05) is 10.0 Å². The molecule has 158 valence electrons. The second-order valence-electron chi connectivity index (χ2n) is 6.75.